The van der Waals surface area contributed by atoms with Gasteiger partial charge in [-0.15, -0.1) is 0 Å². The Labute approximate surface area is 66.2 Å². The van der Waals surface area contributed by atoms with Crippen molar-refractivity contribution in [1.82, 2.24) is 5.32 Å². The minimum atomic E-state index is 0.917. The molecule has 0 saturated carbocycles. The van der Waals surface area contributed by atoms with Crippen molar-refractivity contribution in [3.8, 4) is 0 Å². The van der Waals surface area contributed by atoms with Crippen LogP contribution in [-0.4, -0.2) is 13.1 Å². The van der Waals surface area contributed by atoms with Crippen LogP contribution in [0, 0.1) is 0 Å². The molecule has 2 heterocycles. The van der Waals surface area contributed by atoms with Gasteiger partial charge in [-0.25, -0.2) is 0 Å². The maximum atomic E-state index is 5.50. The van der Waals surface area contributed by atoms with Crippen molar-refractivity contribution < 1.29 is 4.74 Å². The lowest BCUT2D eigenvalue weighted by Crippen LogP contribution is -2.24. The lowest BCUT2D eigenvalue weighted by molar-refractivity contribution is 0.304. The molecule has 0 fully saturated rings. The van der Waals surface area contributed by atoms with Crippen molar-refractivity contribution in [2.24, 2.45) is 0 Å². The predicted molar refractivity (Wildman–Crippen MR) is 43.9 cm³/mol. The molecule has 2 rings (SSSR count). The molecule has 0 bridgehead atoms. The molecule has 2 heteroatoms. The minimum Gasteiger partial charge on any atom is -0.462 e. The molecule has 0 spiro atoms. The highest BCUT2D eigenvalue weighted by atomic mass is 16.5. The van der Waals surface area contributed by atoms with E-state index in [1.165, 1.54) is 5.57 Å². The molecule has 11 heavy (non-hydrogen) atoms. The van der Waals surface area contributed by atoms with Crippen LogP contribution in [0.1, 0.15) is 6.92 Å². The SMILES string of the molecule is CC1=CC=C2CNCC=C2O1. The second kappa shape index (κ2) is 2.55. The third-order valence-corrected chi connectivity index (χ3v) is 1.85. The number of allylic oxidation sites excluding steroid dienone is 3. The number of nitrogens with one attached hydrogen (secondary N) is 1. The monoisotopic (exact) mass is 149 g/mol. The van der Waals surface area contributed by atoms with Crippen LogP contribution < -0.4 is 5.32 Å². The van der Waals surface area contributed by atoms with Crippen LogP contribution in [-0.2, 0) is 4.74 Å². The van der Waals surface area contributed by atoms with Gasteiger partial charge < -0.3 is 10.1 Å². The molecule has 0 radical (unpaired) electrons. The molecule has 0 saturated heterocycles. The van der Waals surface area contributed by atoms with Crippen LogP contribution in [0.25, 0.3) is 0 Å². The van der Waals surface area contributed by atoms with Crippen LogP contribution in [0.2, 0.25) is 0 Å². The first-order valence-electron chi connectivity index (χ1n) is 3.83. The average Bonchev–Trinajstić information content (AvgIpc) is 2.04. The summed E-state index contributed by atoms with van der Waals surface area (Å²) < 4.78 is 5.50. The Morgan fingerprint density at radius 3 is 3.27 bits per heavy atom. The van der Waals surface area contributed by atoms with E-state index < -0.39 is 0 Å². The van der Waals surface area contributed by atoms with E-state index in [9.17, 15) is 0 Å². The molecule has 0 aromatic heterocycles. The quantitative estimate of drug-likeness (QED) is 0.561. The number of hydrogen-bond donors (Lipinski definition) is 1. The van der Waals surface area contributed by atoms with Crippen LogP contribution in [0.5, 0.6) is 0 Å². The topological polar surface area (TPSA) is 21.3 Å². The van der Waals surface area contributed by atoms with E-state index in [1.54, 1.807) is 0 Å². The lowest BCUT2D eigenvalue weighted by atomic mass is 10.1. The molecule has 0 aromatic rings. The number of rotatable bonds is 0. The van der Waals surface area contributed by atoms with Crippen LogP contribution in [0.3, 0.4) is 0 Å². The second-order valence-corrected chi connectivity index (χ2v) is 2.77. The van der Waals surface area contributed by atoms with Gasteiger partial charge in [-0.1, -0.05) is 6.08 Å². The summed E-state index contributed by atoms with van der Waals surface area (Å²) in [6.45, 7) is 3.81. The molecule has 2 nitrogen and oxygen atoms in total. The summed E-state index contributed by atoms with van der Waals surface area (Å²) in [6.07, 6.45) is 6.18. The molecule has 0 aromatic carbocycles. The highest BCUT2D eigenvalue weighted by Crippen LogP contribution is 2.21. The van der Waals surface area contributed by atoms with E-state index in [1.807, 2.05) is 13.0 Å². The van der Waals surface area contributed by atoms with Gasteiger partial charge in [0.25, 0.3) is 0 Å². The first-order chi connectivity index (χ1) is 5.36. The van der Waals surface area contributed by atoms with E-state index in [-0.39, 0.29) is 0 Å². The Morgan fingerprint density at radius 2 is 2.36 bits per heavy atom. The summed E-state index contributed by atoms with van der Waals surface area (Å²) in [5.41, 5.74) is 1.25. The van der Waals surface area contributed by atoms with Crippen LogP contribution in [0.15, 0.2) is 35.3 Å². The molecule has 0 aliphatic carbocycles. The number of hydrogen-bond acceptors (Lipinski definition) is 2. The zero-order chi connectivity index (χ0) is 7.68. The van der Waals surface area contributed by atoms with Gasteiger partial charge in [-0.05, 0) is 19.1 Å². The van der Waals surface area contributed by atoms with Gasteiger partial charge in [0.05, 0.1) is 0 Å². The third-order valence-electron chi connectivity index (χ3n) is 1.85. The van der Waals surface area contributed by atoms with E-state index in [2.05, 4.69) is 17.5 Å². The summed E-state index contributed by atoms with van der Waals surface area (Å²) in [4.78, 5) is 0. The molecular formula is C9H11NO. The van der Waals surface area contributed by atoms with Gasteiger partial charge >= 0.3 is 0 Å². The van der Waals surface area contributed by atoms with Gasteiger partial charge in [0.2, 0.25) is 0 Å². The molecule has 2 aliphatic heterocycles. The zero-order valence-corrected chi connectivity index (χ0v) is 6.55. The Balaban J connectivity index is 2.32. The summed E-state index contributed by atoms with van der Waals surface area (Å²) in [6, 6.07) is 0. The molecule has 1 N–H and O–H groups in total. The maximum absolute atomic E-state index is 5.50. The first kappa shape index (κ1) is 6.68. The average molecular weight is 149 g/mol. The maximum Gasteiger partial charge on any atom is 0.128 e. The van der Waals surface area contributed by atoms with E-state index in [4.69, 9.17) is 4.74 Å². The van der Waals surface area contributed by atoms with Crippen molar-refractivity contribution in [3.05, 3.63) is 35.3 Å². The fourth-order valence-electron chi connectivity index (χ4n) is 1.26. The van der Waals surface area contributed by atoms with Gasteiger partial charge in [0.1, 0.15) is 11.5 Å². The summed E-state index contributed by atoms with van der Waals surface area (Å²) in [5, 5.41) is 3.24. The minimum absolute atomic E-state index is 0.917. The number of fused-ring (bicyclic) bond motifs is 1. The molecule has 2 aliphatic rings. The third kappa shape index (κ3) is 1.21. The highest BCUT2D eigenvalue weighted by molar-refractivity contribution is 5.37. The Bertz CT molecular complexity index is 261. The zero-order valence-electron chi connectivity index (χ0n) is 6.55. The molecule has 0 unspecified atom stereocenters. The summed E-state index contributed by atoms with van der Waals surface area (Å²) >= 11 is 0. The largest absolute Gasteiger partial charge is 0.462 e. The van der Waals surface area contributed by atoms with Crippen molar-refractivity contribution in [2.45, 2.75) is 6.92 Å². The van der Waals surface area contributed by atoms with Gasteiger partial charge in [-0.3, -0.25) is 0 Å². The van der Waals surface area contributed by atoms with Crippen LogP contribution >= 0.6 is 0 Å². The standard InChI is InChI=1S/C9H11NO/c1-7-2-3-8-6-10-5-4-9(8)11-7/h2-4,10H,5-6H2,1H3. The van der Waals surface area contributed by atoms with Gasteiger partial charge in [0.15, 0.2) is 0 Å². The predicted octanol–water partition coefficient (Wildman–Crippen LogP) is 1.33. The fraction of sp³-hybridized carbons (Fsp3) is 0.333. The Morgan fingerprint density at radius 1 is 1.45 bits per heavy atom. The molecule has 0 amide bonds. The second-order valence-electron chi connectivity index (χ2n) is 2.77. The Hall–Kier alpha value is -1.02. The molecule has 58 valence electrons. The highest BCUT2D eigenvalue weighted by Gasteiger charge is 2.13. The van der Waals surface area contributed by atoms with E-state index >= 15 is 0 Å². The summed E-state index contributed by atoms with van der Waals surface area (Å²) in [5.74, 6) is 2.01. The van der Waals surface area contributed by atoms with Crippen molar-refractivity contribution >= 4 is 0 Å². The molecular weight excluding hydrogens is 138 g/mol. The van der Waals surface area contributed by atoms with Crippen molar-refractivity contribution in [1.29, 1.82) is 0 Å². The van der Waals surface area contributed by atoms with E-state index in [0.29, 0.717) is 0 Å². The normalized spacial score (nSPS) is 22.5. The Kier molecular flexibility index (Phi) is 1.55. The lowest BCUT2D eigenvalue weighted by Gasteiger charge is -2.21. The first-order valence-corrected chi connectivity index (χ1v) is 3.83. The van der Waals surface area contributed by atoms with Crippen LogP contribution in [0.4, 0.5) is 0 Å². The number of ether oxygens (including phenoxy) is 1. The van der Waals surface area contributed by atoms with Crippen molar-refractivity contribution in [2.75, 3.05) is 13.1 Å². The van der Waals surface area contributed by atoms with Crippen molar-refractivity contribution in [3.63, 3.8) is 0 Å². The van der Waals surface area contributed by atoms with Gasteiger partial charge in [-0.2, -0.15) is 0 Å². The smallest absolute Gasteiger partial charge is 0.128 e. The fourth-order valence-corrected chi connectivity index (χ4v) is 1.26. The van der Waals surface area contributed by atoms with Gasteiger partial charge in [0, 0.05) is 18.7 Å². The summed E-state index contributed by atoms with van der Waals surface area (Å²) in [7, 11) is 0. The van der Waals surface area contributed by atoms with E-state index in [0.717, 1.165) is 24.6 Å². The molecule has 0 atom stereocenters.